The molecular formula is C12H13NOS. The number of hydrogen-bond acceptors (Lipinski definition) is 3. The van der Waals surface area contributed by atoms with Gasteiger partial charge in [-0.3, -0.25) is 0 Å². The third-order valence-electron chi connectivity index (χ3n) is 2.20. The number of nitrogens with two attached hydrogens (primary N) is 1. The summed E-state index contributed by atoms with van der Waals surface area (Å²) in [5, 5.41) is 2.95. The molecule has 0 unspecified atom stereocenters. The van der Waals surface area contributed by atoms with E-state index in [1.165, 1.54) is 0 Å². The Bertz CT molecular complexity index is 411. The molecule has 3 heteroatoms. The van der Waals surface area contributed by atoms with Gasteiger partial charge in [0.15, 0.2) is 5.06 Å². The molecule has 0 bridgehead atoms. The Morgan fingerprint density at radius 1 is 1.07 bits per heavy atom. The minimum absolute atomic E-state index is 0.559. The first-order valence-electron chi connectivity index (χ1n) is 4.83. The van der Waals surface area contributed by atoms with Gasteiger partial charge < -0.3 is 10.5 Å². The van der Waals surface area contributed by atoms with Crippen LogP contribution < -0.4 is 10.5 Å². The van der Waals surface area contributed by atoms with Gasteiger partial charge in [-0.15, -0.1) is 11.3 Å². The van der Waals surface area contributed by atoms with Crippen LogP contribution in [-0.2, 0) is 13.2 Å². The molecule has 2 nitrogen and oxygen atoms in total. The third kappa shape index (κ3) is 2.58. The van der Waals surface area contributed by atoms with Crippen LogP contribution in [0.3, 0.4) is 0 Å². The van der Waals surface area contributed by atoms with Crippen molar-refractivity contribution < 1.29 is 4.74 Å². The summed E-state index contributed by atoms with van der Waals surface area (Å²) in [6.45, 7) is 1.15. The van der Waals surface area contributed by atoms with E-state index in [1.54, 1.807) is 11.3 Å². The van der Waals surface area contributed by atoms with E-state index in [2.05, 4.69) is 6.07 Å². The predicted molar refractivity (Wildman–Crippen MR) is 63.0 cm³/mol. The summed E-state index contributed by atoms with van der Waals surface area (Å²) < 4.78 is 5.64. The van der Waals surface area contributed by atoms with Gasteiger partial charge in [0, 0.05) is 6.54 Å². The molecule has 0 saturated carbocycles. The molecule has 1 aromatic heterocycles. The number of ether oxygens (including phenoxy) is 1. The van der Waals surface area contributed by atoms with Crippen LogP contribution in [0.5, 0.6) is 5.06 Å². The molecule has 2 rings (SSSR count). The first kappa shape index (κ1) is 10.2. The third-order valence-corrected chi connectivity index (χ3v) is 2.98. The molecular weight excluding hydrogens is 206 g/mol. The Hall–Kier alpha value is -1.32. The van der Waals surface area contributed by atoms with E-state index >= 15 is 0 Å². The number of benzene rings is 1. The SMILES string of the molecule is NCc1ccccc1COc1cccs1. The summed E-state index contributed by atoms with van der Waals surface area (Å²) in [4.78, 5) is 0. The van der Waals surface area contributed by atoms with E-state index < -0.39 is 0 Å². The van der Waals surface area contributed by atoms with E-state index in [0.29, 0.717) is 13.2 Å². The van der Waals surface area contributed by atoms with Gasteiger partial charge >= 0.3 is 0 Å². The van der Waals surface area contributed by atoms with Crippen molar-refractivity contribution in [2.45, 2.75) is 13.2 Å². The highest BCUT2D eigenvalue weighted by Crippen LogP contribution is 2.20. The van der Waals surface area contributed by atoms with Crippen molar-refractivity contribution in [1.29, 1.82) is 0 Å². The number of thiophene rings is 1. The second-order valence-electron chi connectivity index (χ2n) is 3.19. The first-order chi connectivity index (χ1) is 7.40. The van der Waals surface area contributed by atoms with E-state index in [1.807, 2.05) is 35.7 Å². The maximum Gasteiger partial charge on any atom is 0.174 e. The fraction of sp³-hybridized carbons (Fsp3) is 0.167. The van der Waals surface area contributed by atoms with Gasteiger partial charge in [-0.1, -0.05) is 24.3 Å². The van der Waals surface area contributed by atoms with Crippen LogP contribution in [0.2, 0.25) is 0 Å². The molecule has 0 radical (unpaired) electrons. The summed E-state index contributed by atoms with van der Waals surface area (Å²) in [5.41, 5.74) is 7.95. The Labute approximate surface area is 93.3 Å². The molecule has 78 valence electrons. The van der Waals surface area contributed by atoms with E-state index in [9.17, 15) is 0 Å². The topological polar surface area (TPSA) is 35.2 Å². The zero-order valence-electron chi connectivity index (χ0n) is 8.35. The lowest BCUT2D eigenvalue weighted by atomic mass is 10.1. The van der Waals surface area contributed by atoms with Crippen LogP contribution in [0.15, 0.2) is 41.8 Å². The zero-order valence-corrected chi connectivity index (χ0v) is 9.17. The Morgan fingerprint density at radius 3 is 2.53 bits per heavy atom. The van der Waals surface area contributed by atoms with Crippen LogP contribution in [0.1, 0.15) is 11.1 Å². The minimum Gasteiger partial charge on any atom is -0.479 e. The molecule has 1 aromatic carbocycles. The smallest absolute Gasteiger partial charge is 0.174 e. The first-order valence-corrected chi connectivity index (χ1v) is 5.71. The van der Waals surface area contributed by atoms with Gasteiger partial charge in [0.1, 0.15) is 6.61 Å². The molecule has 2 N–H and O–H groups in total. The van der Waals surface area contributed by atoms with E-state index in [4.69, 9.17) is 10.5 Å². The van der Waals surface area contributed by atoms with Crippen molar-refractivity contribution in [2.75, 3.05) is 0 Å². The molecule has 0 aliphatic carbocycles. The summed E-state index contributed by atoms with van der Waals surface area (Å²) >= 11 is 1.60. The van der Waals surface area contributed by atoms with E-state index in [-0.39, 0.29) is 0 Å². The quantitative estimate of drug-likeness (QED) is 0.858. The molecule has 0 amide bonds. The fourth-order valence-electron chi connectivity index (χ4n) is 1.39. The number of hydrogen-bond donors (Lipinski definition) is 1. The van der Waals surface area contributed by atoms with Crippen LogP contribution >= 0.6 is 11.3 Å². The van der Waals surface area contributed by atoms with Crippen LogP contribution in [-0.4, -0.2) is 0 Å². The maximum absolute atomic E-state index is 5.65. The van der Waals surface area contributed by atoms with Gasteiger partial charge in [-0.25, -0.2) is 0 Å². The van der Waals surface area contributed by atoms with Gasteiger partial charge in [0.25, 0.3) is 0 Å². The summed E-state index contributed by atoms with van der Waals surface area (Å²) in [7, 11) is 0. The van der Waals surface area contributed by atoms with Crippen molar-refractivity contribution in [3.05, 3.63) is 52.9 Å². The fourth-order valence-corrected chi connectivity index (χ4v) is 1.97. The lowest BCUT2D eigenvalue weighted by Gasteiger charge is -2.07. The van der Waals surface area contributed by atoms with Crippen molar-refractivity contribution >= 4 is 11.3 Å². The average Bonchev–Trinajstić information content (AvgIpc) is 2.79. The summed E-state index contributed by atoms with van der Waals surface area (Å²) in [6, 6.07) is 12.0. The average molecular weight is 219 g/mol. The lowest BCUT2D eigenvalue weighted by Crippen LogP contribution is -2.03. The van der Waals surface area contributed by atoms with Gasteiger partial charge in [0.2, 0.25) is 0 Å². The Kier molecular flexibility index (Phi) is 3.37. The zero-order chi connectivity index (χ0) is 10.5. The standard InChI is InChI=1S/C12H13NOS/c13-8-10-4-1-2-5-11(10)9-14-12-6-3-7-15-12/h1-7H,8-9,13H2. The normalized spacial score (nSPS) is 10.2. The second kappa shape index (κ2) is 4.96. The van der Waals surface area contributed by atoms with Crippen LogP contribution in [0.4, 0.5) is 0 Å². The van der Waals surface area contributed by atoms with Crippen molar-refractivity contribution in [2.24, 2.45) is 5.73 Å². The molecule has 0 saturated heterocycles. The number of rotatable bonds is 4. The molecule has 0 atom stereocenters. The van der Waals surface area contributed by atoms with Gasteiger partial charge in [0.05, 0.1) is 0 Å². The van der Waals surface area contributed by atoms with Gasteiger partial charge in [-0.05, 0) is 28.6 Å². The molecule has 15 heavy (non-hydrogen) atoms. The van der Waals surface area contributed by atoms with Crippen molar-refractivity contribution in [1.82, 2.24) is 0 Å². The van der Waals surface area contributed by atoms with Crippen LogP contribution in [0.25, 0.3) is 0 Å². The summed E-state index contributed by atoms with van der Waals surface area (Å²) in [6.07, 6.45) is 0. The monoisotopic (exact) mass is 219 g/mol. The molecule has 0 fully saturated rings. The highest BCUT2D eigenvalue weighted by molar-refractivity contribution is 7.11. The highest BCUT2D eigenvalue weighted by Gasteiger charge is 2.01. The second-order valence-corrected chi connectivity index (χ2v) is 4.10. The molecule has 0 aliphatic rings. The largest absolute Gasteiger partial charge is 0.479 e. The van der Waals surface area contributed by atoms with Crippen molar-refractivity contribution in [3.8, 4) is 5.06 Å². The van der Waals surface area contributed by atoms with Crippen molar-refractivity contribution in [3.63, 3.8) is 0 Å². The minimum atomic E-state index is 0.559. The van der Waals surface area contributed by atoms with Gasteiger partial charge in [-0.2, -0.15) is 0 Å². The summed E-state index contributed by atoms with van der Waals surface area (Å²) in [5.74, 6) is 0. The Balaban J connectivity index is 2.04. The van der Waals surface area contributed by atoms with Crippen LogP contribution in [0, 0.1) is 0 Å². The molecule has 2 aromatic rings. The molecule has 1 heterocycles. The predicted octanol–water partition coefficient (Wildman–Crippen LogP) is 2.79. The lowest BCUT2D eigenvalue weighted by molar-refractivity contribution is 0.314. The molecule has 0 aliphatic heterocycles. The maximum atomic E-state index is 5.65. The Morgan fingerprint density at radius 2 is 1.87 bits per heavy atom. The van der Waals surface area contributed by atoms with E-state index in [0.717, 1.165) is 16.2 Å². The highest BCUT2D eigenvalue weighted by atomic mass is 32.1. The molecule has 0 spiro atoms.